The molecule has 0 spiro atoms. The number of fused-ring (bicyclic) bond motifs is 2. The minimum Gasteiger partial charge on any atom is -0.494 e. The fourth-order valence-corrected chi connectivity index (χ4v) is 5.01. The van der Waals surface area contributed by atoms with Crippen LogP contribution >= 0.6 is 0 Å². The standard InChI is InChI=1S/C31H34N8O4/c1-4-39-25(14-19(2)37-39)29(41)36-30-35-24-16-23(28(32)40)17-26(43-3)27(24)38(30)13-7-12-33-31(42)34-18-20-10-11-21-8-5-6-9-22(21)15-20/h5-6,8-11,14-17H,4,7,12-13,18H2,1-3H3,(H2,32,40)(H2,33,34,42)(H,35,36,41). The van der Waals surface area contributed by atoms with E-state index in [0.717, 1.165) is 22.0 Å². The number of methoxy groups -OCH3 is 1. The molecule has 0 saturated carbocycles. The van der Waals surface area contributed by atoms with Gasteiger partial charge >= 0.3 is 6.03 Å². The molecule has 3 aromatic carbocycles. The van der Waals surface area contributed by atoms with Crippen molar-refractivity contribution >= 4 is 45.6 Å². The first-order chi connectivity index (χ1) is 20.8. The molecular weight excluding hydrogens is 548 g/mol. The summed E-state index contributed by atoms with van der Waals surface area (Å²) in [5.41, 5.74) is 8.89. The number of nitrogens with two attached hydrogens (primary N) is 1. The van der Waals surface area contributed by atoms with Crippen molar-refractivity contribution < 1.29 is 19.1 Å². The maximum absolute atomic E-state index is 13.3. The Kier molecular flexibility index (Phi) is 8.56. The first-order valence-corrected chi connectivity index (χ1v) is 14.0. The molecule has 0 aliphatic carbocycles. The van der Waals surface area contributed by atoms with E-state index in [9.17, 15) is 14.4 Å². The molecule has 0 saturated heterocycles. The highest BCUT2D eigenvalue weighted by molar-refractivity contribution is 6.04. The number of carbonyl (C=O) groups excluding carboxylic acids is 3. The van der Waals surface area contributed by atoms with Gasteiger partial charge in [0.2, 0.25) is 11.9 Å². The Morgan fingerprint density at radius 3 is 2.53 bits per heavy atom. The van der Waals surface area contributed by atoms with Crippen LogP contribution in [-0.2, 0) is 19.6 Å². The summed E-state index contributed by atoms with van der Waals surface area (Å²) in [4.78, 5) is 42.3. The van der Waals surface area contributed by atoms with Gasteiger partial charge in [0.25, 0.3) is 5.91 Å². The summed E-state index contributed by atoms with van der Waals surface area (Å²) in [5.74, 6) is -0.349. The third-order valence-corrected chi connectivity index (χ3v) is 7.08. The van der Waals surface area contributed by atoms with Crippen LogP contribution in [0.3, 0.4) is 0 Å². The Labute approximate surface area is 248 Å². The lowest BCUT2D eigenvalue weighted by Crippen LogP contribution is -2.35. The van der Waals surface area contributed by atoms with Crippen molar-refractivity contribution in [3.63, 3.8) is 0 Å². The molecule has 12 heteroatoms. The Hall–Kier alpha value is -5.39. The van der Waals surface area contributed by atoms with Gasteiger partial charge in [-0.15, -0.1) is 0 Å². The van der Waals surface area contributed by atoms with E-state index in [-0.39, 0.29) is 23.5 Å². The minimum atomic E-state index is -0.624. The van der Waals surface area contributed by atoms with Crippen LogP contribution in [0, 0.1) is 6.92 Å². The molecule has 5 aromatic rings. The smallest absolute Gasteiger partial charge is 0.315 e. The molecule has 0 unspecified atom stereocenters. The number of nitrogens with zero attached hydrogens (tertiary/aromatic N) is 4. The number of amides is 4. The van der Waals surface area contributed by atoms with Gasteiger partial charge in [-0.05, 0) is 60.9 Å². The number of urea groups is 1. The first-order valence-electron chi connectivity index (χ1n) is 14.0. The number of imidazole rings is 1. The molecule has 0 bridgehead atoms. The molecule has 222 valence electrons. The molecule has 4 amide bonds. The number of anilines is 1. The maximum atomic E-state index is 13.3. The van der Waals surface area contributed by atoms with E-state index < -0.39 is 5.91 Å². The fraction of sp³-hybridized carbons (Fsp3) is 0.258. The third kappa shape index (κ3) is 6.43. The zero-order valence-electron chi connectivity index (χ0n) is 24.3. The molecule has 5 N–H and O–H groups in total. The normalized spacial score (nSPS) is 11.0. The summed E-state index contributed by atoms with van der Waals surface area (Å²) in [6.07, 6.45) is 0.518. The zero-order valence-corrected chi connectivity index (χ0v) is 24.3. The molecule has 0 aliphatic heterocycles. The molecule has 0 fully saturated rings. The summed E-state index contributed by atoms with van der Waals surface area (Å²) in [6.45, 7) is 5.39. The maximum Gasteiger partial charge on any atom is 0.315 e. The number of benzene rings is 3. The van der Waals surface area contributed by atoms with Gasteiger partial charge in [0.15, 0.2) is 0 Å². The number of aryl methyl sites for hydroxylation is 3. The number of hydrogen-bond acceptors (Lipinski definition) is 6. The van der Waals surface area contributed by atoms with E-state index in [0.29, 0.717) is 55.1 Å². The molecule has 0 atom stereocenters. The number of aromatic nitrogens is 4. The van der Waals surface area contributed by atoms with E-state index >= 15 is 0 Å². The lowest BCUT2D eigenvalue weighted by atomic mass is 10.1. The molecule has 0 aliphatic rings. The average molecular weight is 583 g/mol. The topological polar surface area (TPSA) is 158 Å². The SMILES string of the molecule is CCn1nc(C)cc1C(=O)Nc1nc2cc(C(N)=O)cc(OC)c2n1CCCNC(=O)NCc1ccc2ccccc2c1. The summed E-state index contributed by atoms with van der Waals surface area (Å²) in [5, 5.41) is 15.3. The van der Waals surface area contributed by atoms with E-state index in [4.69, 9.17) is 10.5 Å². The number of nitrogens with one attached hydrogen (secondary N) is 3. The highest BCUT2D eigenvalue weighted by atomic mass is 16.5. The zero-order chi connectivity index (χ0) is 30.5. The predicted octanol–water partition coefficient (Wildman–Crippen LogP) is 3.96. The van der Waals surface area contributed by atoms with Crippen molar-refractivity contribution in [2.24, 2.45) is 5.73 Å². The summed E-state index contributed by atoms with van der Waals surface area (Å²) < 4.78 is 8.98. The third-order valence-electron chi connectivity index (χ3n) is 7.08. The van der Waals surface area contributed by atoms with Crippen LogP contribution in [0.15, 0.2) is 60.7 Å². The number of carbonyl (C=O) groups is 3. The summed E-state index contributed by atoms with van der Waals surface area (Å²) in [6, 6.07) is 18.7. The van der Waals surface area contributed by atoms with E-state index in [1.54, 1.807) is 27.4 Å². The van der Waals surface area contributed by atoms with Gasteiger partial charge in [0.1, 0.15) is 17.0 Å². The van der Waals surface area contributed by atoms with Crippen LogP contribution in [0.2, 0.25) is 0 Å². The fourth-order valence-electron chi connectivity index (χ4n) is 5.01. The molecular formula is C31H34N8O4. The van der Waals surface area contributed by atoms with Gasteiger partial charge in [-0.3, -0.25) is 19.6 Å². The van der Waals surface area contributed by atoms with Crippen LogP contribution in [0.1, 0.15) is 45.4 Å². The number of rotatable bonds is 11. The lowest BCUT2D eigenvalue weighted by Gasteiger charge is -2.13. The minimum absolute atomic E-state index is 0.233. The second-order valence-electron chi connectivity index (χ2n) is 10.1. The van der Waals surface area contributed by atoms with Gasteiger partial charge in [-0.2, -0.15) is 5.10 Å². The van der Waals surface area contributed by atoms with Crippen molar-refractivity contribution in [2.75, 3.05) is 19.0 Å². The number of hydrogen-bond donors (Lipinski definition) is 4. The molecule has 43 heavy (non-hydrogen) atoms. The summed E-state index contributed by atoms with van der Waals surface area (Å²) in [7, 11) is 1.49. The van der Waals surface area contributed by atoms with Crippen molar-refractivity contribution in [1.29, 1.82) is 0 Å². The Morgan fingerprint density at radius 2 is 1.79 bits per heavy atom. The predicted molar refractivity (Wildman–Crippen MR) is 164 cm³/mol. The Bertz CT molecular complexity index is 1820. The Morgan fingerprint density at radius 1 is 1.00 bits per heavy atom. The molecule has 2 aromatic heterocycles. The number of primary amides is 1. The van der Waals surface area contributed by atoms with Crippen LogP contribution in [0.5, 0.6) is 5.75 Å². The van der Waals surface area contributed by atoms with Crippen molar-refractivity contribution in [2.45, 2.75) is 39.9 Å². The van der Waals surface area contributed by atoms with Gasteiger partial charge in [0, 0.05) is 31.7 Å². The van der Waals surface area contributed by atoms with E-state index in [1.807, 2.05) is 50.2 Å². The second kappa shape index (κ2) is 12.6. The van der Waals surface area contributed by atoms with Gasteiger partial charge in [-0.1, -0.05) is 36.4 Å². The van der Waals surface area contributed by atoms with E-state index in [1.165, 1.54) is 7.11 Å². The largest absolute Gasteiger partial charge is 0.494 e. The first kappa shape index (κ1) is 29.1. The van der Waals surface area contributed by atoms with Crippen LogP contribution in [-0.4, -0.2) is 50.8 Å². The monoisotopic (exact) mass is 582 g/mol. The van der Waals surface area contributed by atoms with Gasteiger partial charge in [0.05, 0.1) is 18.3 Å². The van der Waals surface area contributed by atoms with Crippen molar-refractivity contribution in [3.8, 4) is 5.75 Å². The summed E-state index contributed by atoms with van der Waals surface area (Å²) >= 11 is 0. The average Bonchev–Trinajstić information content (AvgIpc) is 3.56. The van der Waals surface area contributed by atoms with Gasteiger partial charge < -0.3 is 25.7 Å². The Balaban J connectivity index is 1.29. The quantitative estimate of drug-likeness (QED) is 0.173. The molecule has 2 heterocycles. The lowest BCUT2D eigenvalue weighted by molar-refractivity contribution is 0.0995. The molecule has 0 radical (unpaired) electrons. The molecule has 12 nitrogen and oxygen atoms in total. The number of ether oxygens (including phenoxy) is 1. The van der Waals surface area contributed by atoms with Crippen molar-refractivity contribution in [1.82, 2.24) is 30.0 Å². The highest BCUT2D eigenvalue weighted by Crippen LogP contribution is 2.31. The second-order valence-corrected chi connectivity index (χ2v) is 10.1. The highest BCUT2D eigenvalue weighted by Gasteiger charge is 2.21. The van der Waals surface area contributed by atoms with Crippen LogP contribution < -0.4 is 26.4 Å². The van der Waals surface area contributed by atoms with Crippen LogP contribution in [0.4, 0.5) is 10.7 Å². The van der Waals surface area contributed by atoms with Crippen molar-refractivity contribution in [3.05, 3.63) is 83.2 Å². The van der Waals surface area contributed by atoms with E-state index in [2.05, 4.69) is 32.1 Å². The molecule has 5 rings (SSSR count). The van der Waals surface area contributed by atoms with Gasteiger partial charge in [-0.25, -0.2) is 9.78 Å². The van der Waals surface area contributed by atoms with Crippen LogP contribution in [0.25, 0.3) is 21.8 Å².